The van der Waals surface area contributed by atoms with Crippen LogP contribution in [0.4, 0.5) is 13.2 Å². The maximum atomic E-state index is 11.9. The Morgan fingerprint density at radius 1 is 1.29 bits per heavy atom. The van der Waals surface area contributed by atoms with Gasteiger partial charge in [0, 0.05) is 31.9 Å². The minimum atomic E-state index is -4.95. The van der Waals surface area contributed by atoms with E-state index in [4.69, 9.17) is 5.26 Å². The smallest absolute Gasteiger partial charge is 0.340 e. The van der Waals surface area contributed by atoms with Crippen LogP contribution in [0.2, 0.25) is 0 Å². The highest BCUT2D eigenvalue weighted by molar-refractivity contribution is 5.87. The fourth-order valence-corrected chi connectivity index (χ4v) is 3.47. The average Bonchev–Trinajstić information content (AvgIpc) is 3.33. The molecule has 1 aliphatic heterocycles. The average molecular weight is 540 g/mol. The number of halogens is 3. The predicted octanol–water partition coefficient (Wildman–Crippen LogP) is 3.11. The van der Waals surface area contributed by atoms with E-state index in [1.54, 1.807) is 28.6 Å². The van der Waals surface area contributed by atoms with Gasteiger partial charge in [0.25, 0.3) is 0 Å². The van der Waals surface area contributed by atoms with Crippen LogP contribution in [0.15, 0.2) is 18.7 Å². The number of alkyl halides is 3. The van der Waals surface area contributed by atoms with Crippen LogP contribution in [0.1, 0.15) is 53.1 Å². The van der Waals surface area contributed by atoms with E-state index in [-0.39, 0.29) is 11.3 Å². The maximum absolute atomic E-state index is 11.9. The number of carbonyl (C=O) groups is 3. The lowest BCUT2D eigenvalue weighted by molar-refractivity contribution is -0.174. The molecule has 1 saturated heterocycles. The molecule has 38 heavy (non-hydrogen) atoms. The van der Waals surface area contributed by atoms with E-state index in [9.17, 15) is 27.6 Å². The summed E-state index contributed by atoms with van der Waals surface area (Å²) in [6, 6.07) is 1.30. The molecule has 2 aromatic rings. The Kier molecular flexibility index (Phi) is 11.7. The molecule has 3 rings (SSSR count). The monoisotopic (exact) mass is 539 g/mol. The second-order valence-corrected chi connectivity index (χ2v) is 10.4. The van der Waals surface area contributed by atoms with E-state index >= 15 is 0 Å². The highest BCUT2D eigenvalue weighted by Crippen LogP contribution is 2.34. The summed E-state index contributed by atoms with van der Waals surface area (Å²) in [6.45, 7) is 12.9. The normalized spacial score (nSPS) is 16.9. The summed E-state index contributed by atoms with van der Waals surface area (Å²) in [7, 11) is 1.83. The van der Waals surface area contributed by atoms with Crippen LogP contribution in [0, 0.1) is 28.6 Å². The molecule has 1 unspecified atom stereocenters. The molecule has 0 aromatic carbocycles. The molecule has 3 heterocycles. The molecule has 0 bridgehead atoms. The number of nitriles is 1. The molecule has 210 valence electrons. The van der Waals surface area contributed by atoms with E-state index < -0.39 is 30.6 Å². The number of aromatic nitrogens is 3. The van der Waals surface area contributed by atoms with Crippen LogP contribution in [0.3, 0.4) is 0 Å². The summed E-state index contributed by atoms with van der Waals surface area (Å²) in [6.07, 6.45) is 0.384. The fraction of sp³-hybridized carbons (Fsp3) is 0.600. The number of nitrogens with one attached hydrogen (secondary N) is 2. The Morgan fingerprint density at radius 3 is 2.37 bits per heavy atom. The first kappa shape index (κ1) is 32.3. The highest BCUT2D eigenvalue weighted by atomic mass is 19.4. The lowest BCUT2D eigenvalue weighted by Crippen LogP contribution is -2.44. The van der Waals surface area contributed by atoms with Gasteiger partial charge in [-0.05, 0) is 17.3 Å². The van der Waals surface area contributed by atoms with Crippen molar-refractivity contribution < 1.29 is 27.6 Å². The first-order valence-corrected chi connectivity index (χ1v) is 12.0. The molecule has 10 nitrogen and oxygen atoms in total. The van der Waals surface area contributed by atoms with Crippen molar-refractivity contribution in [2.75, 3.05) is 19.6 Å². The number of hydrogen-bond acceptors (Lipinski definition) is 6. The minimum absolute atomic E-state index is 0.0519. The highest BCUT2D eigenvalue weighted by Gasteiger charge is 2.41. The van der Waals surface area contributed by atoms with Gasteiger partial charge >= 0.3 is 12.1 Å². The summed E-state index contributed by atoms with van der Waals surface area (Å²) in [5.41, 5.74) is 2.10. The third-order valence-electron chi connectivity index (χ3n) is 5.76. The van der Waals surface area contributed by atoms with Crippen molar-refractivity contribution in [3.63, 3.8) is 0 Å². The maximum Gasteiger partial charge on any atom is 0.471 e. The van der Waals surface area contributed by atoms with Gasteiger partial charge in [-0.25, -0.2) is 4.98 Å². The number of amides is 3. The molecule has 1 aliphatic rings. The van der Waals surface area contributed by atoms with Crippen LogP contribution in [-0.2, 0) is 21.4 Å². The van der Waals surface area contributed by atoms with Crippen molar-refractivity contribution in [3.8, 4) is 6.07 Å². The van der Waals surface area contributed by atoms with E-state index in [0.29, 0.717) is 30.6 Å². The van der Waals surface area contributed by atoms with Crippen LogP contribution in [0.5, 0.6) is 0 Å². The van der Waals surface area contributed by atoms with Crippen LogP contribution >= 0.6 is 0 Å². The molecule has 0 radical (unpaired) electrons. The summed E-state index contributed by atoms with van der Waals surface area (Å²) in [5, 5.41) is 13.0. The summed E-state index contributed by atoms with van der Waals surface area (Å²) < 4.78 is 37.6. The molecule has 1 fully saturated rings. The number of hydrogen-bond donors (Lipinski definition) is 2. The summed E-state index contributed by atoms with van der Waals surface area (Å²) in [5.74, 6) is -1.45. The van der Waals surface area contributed by atoms with Gasteiger partial charge in [0.2, 0.25) is 12.3 Å². The number of carbonyl (C=O) groups excluding carboxylic acids is 3. The molecule has 3 amide bonds. The molecule has 13 heteroatoms. The molecule has 0 saturated carbocycles. The van der Waals surface area contributed by atoms with E-state index in [2.05, 4.69) is 36.1 Å². The number of likely N-dealkylation sites (tertiary alicyclic amines) is 1. The van der Waals surface area contributed by atoms with E-state index in [1.165, 1.54) is 4.90 Å². The fourth-order valence-electron chi connectivity index (χ4n) is 3.47. The van der Waals surface area contributed by atoms with Gasteiger partial charge < -0.3 is 20.1 Å². The van der Waals surface area contributed by atoms with Gasteiger partial charge in [0.1, 0.15) is 11.6 Å². The van der Waals surface area contributed by atoms with Crippen molar-refractivity contribution in [3.05, 3.63) is 24.3 Å². The van der Waals surface area contributed by atoms with Gasteiger partial charge in [0.15, 0.2) is 0 Å². The minimum Gasteiger partial charge on any atom is -0.340 e. The van der Waals surface area contributed by atoms with Gasteiger partial charge in [-0.15, -0.1) is 0 Å². The van der Waals surface area contributed by atoms with Gasteiger partial charge in [-0.3, -0.25) is 19.4 Å². The van der Waals surface area contributed by atoms with Crippen molar-refractivity contribution >= 4 is 29.3 Å². The molecule has 2 N–H and O–H groups in total. The Hall–Kier alpha value is -3.69. The number of fused-ring (bicyclic) bond motifs is 1. The van der Waals surface area contributed by atoms with Crippen LogP contribution in [0.25, 0.3) is 11.0 Å². The van der Waals surface area contributed by atoms with Crippen molar-refractivity contribution in [2.45, 2.75) is 53.8 Å². The Balaban J connectivity index is 0.000000335. The van der Waals surface area contributed by atoms with E-state index in [1.807, 2.05) is 33.9 Å². The third kappa shape index (κ3) is 9.32. The lowest BCUT2D eigenvalue weighted by atomic mass is 9.84. The van der Waals surface area contributed by atoms with E-state index in [0.717, 1.165) is 11.4 Å². The lowest BCUT2D eigenvalue weighted by Gasteiger charge is -2.22. The predicted molar refractivity (Wildman–Crippen MR) is 135 cm³/mol. The molecule has 0 aliphatic carbocycles. The zero-order chi connectivity index (χ0) is 29.3. The Bertz CT molecular complexity index is 1140. The second-order valence-electron chi connectivity index (χ2n) is 10.4. The molecule has 2 atom stereocenters. The number of rotatable bonds is 5. The zero-order valence-electron chi connectivity index (χ0n) is 22.8. The topological polar surface area (TPSA) is 133 Å². The molecule has 2 aromatic heterocycles. The van der Waals surface area contributed by atoms with Gasteiger partial charge in [-0.2, -0.15) is 18.4 Å². The van der Waals surface area contributed by atoms with Crippen LogP contribution < -0.4 is 10.6 Å². The second kappa shape index (κ2) is 13.7. The van der Waals surface area contributed by atoms with Crippen molar-refractivity contribution in [1.29, 1.82) is 5.26 Å². The zero-order valence-corrected chi connectivity index (χ0v) is 22.8. The van der Waals surface area contributed by atoms with Crippen LogP contribution in [-0.4, -0.2) is 63.5 Å². The third-order valence-corrected chi connectivity index (χ3v) is 5.76. The molecular formula is C25H36F3N7O3. The quantitative estimate of drug-likeness (QED) is 0.561. The van der Waals surface area contributed by atoms with Gasteiger partial charge in [-0.1, -0.05) is 41.5 Å². The SMILES string of the molecule is CC(C)C.C[C@H]1CN(C(=O)CNC(=O)C(F)(F)F)CC1(C)C.Cn1cnc2cncc(C(C#N)NC=O)c21. The first-order valence-electron chi connectivity index (χ1n) is 12.0. The summed E-state index contributed by atoms with van der Waals surface area (Å²) in [4.78, 5) is 42.2. The number of pyridine rings is 1. The largest absolute Gasteiger partial charge is 0.471 e. The van der Waals surface area contributed by atoms with Crippen molar-refractivity contribution in [1.82, 2.24) is 30.1 Å². The Labute approximate surface area is 220 Å². The summed E-state index contributed by atoms with van der Waals surface area (Å²) >= 11 is 0. The number of aryl methyl sites for hydroxylation is 1. The number of nitrogens with zero attached hydrogens (tertiary/aromatic N) is 5. The van der Waals surface area contributed by atoms with Gasteiger partial charge in [0.05, 0.1) is 30.7 Å². The van der Waals surface area contributed by atoms with Crippen molar-refractivity contribution in [2.24, 2.45) is 24.3 Å². The standard InChI is InChI=1S/C11H17F3N2O2.C10H9N5O.C4H10/c1-7-5-16(6-10(7,2)3)8(17)4-15-9(18)11(12,13)14;1-15-5-13-9-4-12-3-7(10(9)15)8(2-11)14-6-16;1-4(2)3/h7H,4-6H2,1-3H3,(H,15,18);3-6,8H,1H3,(H,14,16);4H,1-3H3/t7-;;/m0../s1. The first-order chi connectivity index (χ1) is 17.5. The molecule has 0 spiro atoms. The molecular weight excluding hydrogens is 503 g/mol. The Morgan fingerprint density at radius 2 is 1.89 bits per heavy atom. The number of imidazole rings is 1.